The Morgan fingerprint density at radius 3 is 2.50 bits per heavy atom. The molecule has 4 rings (SSSR count). The van der Waals surface area contributed by atoms with E-state index in [0.717, 1.165) is 22.4 Å². The van der Waals surface area contributed by atoms with E-state index >= 15 is 0 Å². The van der Waals surface area contributed by atoms with E-state index in [-0.39, 0.29) is 18.9 Å². The third-order valence-electron chi connectivity index (χ3n) is 6.44. The Labute approximate surface area is 227 Å². The van der Waals surface area contributed by atoms with Crippen molar-refractivity contribution in [1.82, 2.24) is 0 Å². The van der Waals surface area contributed by atoms with Gasteiger partial charge in [-0.3, -0.25) is 14.4 Å². The topological polar surface area (TPSA) is 84.9 Å². The number of esters is 1. The van der Waals surface area contributed by atoms with Gasteiger partial charge >= 0.3 is 5.97 Å². The highest BCUT2D eigenvalue weighted by atomic mass is 35.5. The highest BCUT2D eigenvalue weighted by molar-refractivity contribution is 6.31. The summed E-state index contributed by atoms with van der Waals surface area (Å²) < 4.78 is 11.3. The fourth-order valence-electron chi connectivity index (χ4n) is 4.31. The maximum atomic E-state index is 12.7. The molecule has 0 unspecified atom stereocenters. The molecule has 0 aromatic heterocycles. The van der Waals surface area contributed by atoms with E-state index in [2.05, 4.69) is 31.3 Å². The van der Waals surface area contributed by atoms with Gasteiger partial charge in [0.25, 0.3) is 5.91 Å². The summed E-state index contributed by atoms with van der Waals surface area (Å²) in [4.78, 5) is 39.1. The molecule has 0 radical (unpaired) electrons. The van der Waals surface area contributed by atoms with Crippen molar-refractivity contribution in [2.75, 3.05) is 23.4 Å². The molecule has 3 aromatic carbocycles. The van der Waals surface area contributed by atoms with Crippen molar-refractivity contribution in [2.24, 2.45) is 5.92 Å². The molecule has 1 aliphatic rings. The number of rotatable bonds is 8. The summed E-state index contributed by atoms with van der Waals surface area (Å²) in [6.45, 7) is 7.83. The van der Waals surface area contributed by atoms with Crippen LogP contribution in [0.5, 0.6) is 11.5 Å². The Hall–Kier alpha value is -3.84. The second-order valence-corrected chi connectivity index (χ2v) is 10.2. The van der Waals surface area contributed by atoms with Crippen molar-refractivity contribution in [2.45, 2.75) is 40.0 Å². The fraction of sp³-hybridized carbons (Fsp3) is 0.300. The Balaban J connectivity index is 1.33. The maximum absolute atomic E-state index is 12.7. The van der Waals surface area contributed by atoms with Gasteiger partial charge < -0.3 is 19.7 Å². The van der Waals surface area contributed by atoms with E-state index in [9.17, 15) is 14.4 Å². The van der Waals surface area contributed by atoms with Gasteiger partial charge in [-0.25, -0.2) is 0 Å². The molecule has 1 atom stereocenters. The number of nitrogens with zero attached hydrogens (tertiary/aromatic N) is 1. The van der Waals surface area contributed by atoms with Crippen molar-refractivity contribution in [3.05, 3.63) is 82.4 Å². The van der Waals surface area contributed by atoms with E-state index in [1.165, 1.54) is 0 Å². The molecular weight excluding hydrogens is 504 g/mol. The highest BCUT2D eigenvalue weighted by Crippen LogP contribution is 2.33. The van der Waals surface area contributed by atoms with Crippen LogP contribution in [-0.4, -0.2) is 30.9 Å². The predicted molar refractivity (Wildman–Crippen MR) is 148 cm³/mol. The number of benzene rings is 3. The molecule has 1 heterocycles. The van der Waals surface area contributed by atoms with Gasteiger partial charge in [0.05, 0.1) is 5.92 Å². The van der Waals surface area contributed by atoms with Gasteiger partial charge in [-0.2, -0.15) is 0 Å². The monoisotopic (exact) mass is 534 g/mol. The number of hydrogen-bond acceptors (Lipinski definition) is 5. The Morgan fingerprint density at radius 1 is 1.05 bits per heavy atom. The quantitative estimate of drug-likeness (QED) is 0.338. The van der Waals surface area contributed by atoms with Crippen LogP contribution in [0.4, 0.5) is 11.4 Å². The average molecular weight is 535 g/mol. The predicted octanol–water partition coefficient (Wildman–Crippen LogP) is 6.41. The molecule has 0 saturated carbocycles. The smallest absolute Gasteiger partial charge is 0.311 e. The number of hydrogen-bond donors (Lipinski definition) is 1. The number of carbonyl (C=O) groups is 3. The van der Waals surface area contributed by atoms with Gasteiger partial charge in [0.15, 0.2) is 6.61 Å². The van der Waals surface area contributed by atoms with Crippen LogP contribution in [0, 0.1) is 19.8 Å². The summed E-state index contributed by atoms with van der Waals surface area (Å²) in [6.07, 6.45) is 0.0210. The second kappa shape index (κ2) is 11.7. The summed E-state index contributed by atoms with van der Waals surface area (Å²) in [6, 6.07) is 18.5. The van der Waals surface area contributed by atoms with Gasteiger partial charge in [-0.15, -0.1) is 0 Å². The molecule has 0 bridgehead atoms. The highest BCUT2D eigenvalue weighted by Gasteiger charge is 2.36. The van der Waals surface area contributed by atoms with Gasteiger partial charge in [-0.1, -0.05) is 43.6 Å². The lowest BCUT2D eigenvalue weighted by Gasteiger charge is -2.18. The SMILES string of the molecule is Cc1ccc(C(C)C)c(Oc2ccc(N3C[C@@H](C(=O)OCC(=O)Nc4cc(Cl)ccc4C)CC3=O)cc2)c1. The van der Waals surface area contributed by atoms with Crippen molar-refractivity contribution < 1.29 is 23.9 Å². The lowest BCUT2D eigenvalue weighted by molar-refractivity contribution is -0.151. The first-order valence-corrected chi connectivity index (χ1v) is 12.9. The minimum atomic E-state index is -0.653. The number of nitrogens with one attached hydrogen (secondary N) is 1. The van der Waals surface area contributed by atoms with Crippen molar-refractivity contribution >= 4 is 40.8 Å². The maximum Gasteiger partial charge on any atom is 0.311 e. The molecule has 0 aliphatic carbocycles. The number of anilines is 2. The molecule has 1 saturated heterocycles. The summed E-state index contributed by atoms with van der Waals surface area (Å²) in [7, 11) is 0. The van der Waals surface area contributed by atoms with Gasteiger partial charge in [-0.05, 0) is 78.9 Å². The van der Waals surface area contributed by atoms with Crippen LogP contribution in [0.25, 0.3) is 0 Å². The Bertz CT molecular complexity index is 1350. The molecule has 1 aliphatic heterocycles. The zero-order valence-corrected chi connectivity index (χ0v) is 22.7. The van der Waals surface area contributed by atoms with Gasteiger partial charge in [0.1, 0.15) is 11.5 Å². The number of amides is 2. The average Bonchev–Trinajstić information content (AvgIpc) is 3.26. The molecule has 38 heavy (non-hydrogen) atoms. The van der Waals surface area contributed by atoms with E-state index in [0.29, 0.717) is 28.1 Å². The van der Waals surface area contributed by atoms with E-state index in [1.807, 2.05) is 32.0 Å². The zero-order chi connectivity index (χ0) is 27.4. The van der Waals surface area contributed by atoms with Crippen LogP contribution in [-0.2, 0) is 19.1 Å². The van der Waals surface area contributed by atoms with Crippen LogP contribution >= 0.6 is 11.6 Å². The number of ether oxygens (including phenoxy) is 2. The molecule has 7 nitrogen and oxygen atoms in total. The van der Waals surface area contributed by atoms with E-state index in [4.69, 9.17) is 21.1 Å². The zero-order valence-electron chi connectivity index (χ0n) is 21.9. The number of aryl methyl sites for hydroxylation is 2. The molecular formula is C30H31ClN2O5. The lowest BCUT2D eigenvalue weighted by atomic mass is 10.0. The third-order valence-corrected chi connectivity index (χ3v) is 6.68. The Kier molecular flexibility index (Phi) is 8.37. The summed E-state index contributed by atoms with van der Waals surface area (Å²) in [5.74, 6) is -0.113. The first kappa shape index (κ1) is 27.2. The lowest BCUT2D eigenvalue weighted by Crippen LogP contribution is -2.28. The number of halogens is 1. The Morgan fingerprint density at radius 2 is 1.79 bits per heavy atom. The van der Waals surface area contributed by atoms with Crippen molar-refractivity contribution in [3.63, 3.8) is 0 Å². The first-order valence-electron chi connectivity index (χ1n) is 12.5. The van der Waals surface area contributed by atoms with Gasteiger partial charge in [0, 0.05) is 29.4 Å². The van der Waals surface area contributed by atoms with Crippen LogP contribution < -0.4 is 15.0 Å². The van der Waals surface area contributed by atoms with E-state index < -0.39 is 24.4 Å². The second-order valence-electron chi connectivity index (χ2n) is 9.81. The third kappa shape index (κ3) is 6.53. The molecule has 0 spiro atoms. The largest absolute Gasteiger partial charge is 0.457 e. The molecule has 3 aromatic rings. The molecule has 8 heteroatoms. The summed E-state index contributed by atoms with van der Waals surface area (Å²) in [5.41, 5.74) is 4.28. The minimum Gasteiger partial charge on any atom is -0.457 e. The molecule has 1 N–H and O–H groups in total. The van der Waals surface area contributed by atoms with Crippen molar-refractivity contribution in [1.29, 1.82) is 0 Å². The van der Waals surface area contributed by atoms with E-state index in [1.54, 1.807) is 35.2 Å². The van der Waals surface area contributed by atoms with Crippen LogP contribution in [0.1, 0.15) is 42.9 Å². The molecule has 2 amide bonds. The van der Waals surface area contributed by atoms with Crippen LogP contribution in [0.2, 0.25) is 5.02 Å². The standard InChI is InChI=1S/C30H31ClN2O5/c1-18(2)25-12-5-19(3)13-27(25)38-24-10-8-23(9-11-24)33-16-21(14-29(33)35)30(36)37-17-28(34)32-26-15-22(31)7-6-20(26)4/h5-13,15,18,21H,14,16-17H2,1-4H3,(H,32,34)/t21-/m0/s1. The van der Waals surface area contributed by atoms with Gasteiger partial charge in [0.2, 0.25) is 5.91 Å². The fourth-order valence-corrected chi connectivity index (χ4v) is 4.48. The summed E-state index contributed by atoms with van der Waals surface area (Å²) in [5, 5.41) is 3.17. The minimum absolute atomic E-state index is 0.0210. The molecule has 1 fully saturated rings. The summed E-state index contributed by atoms with van der Waals surface area (Å²) >= 11 is 5.98. The van der Waals surface area contributed by atoms with Crippen LogP contribution in [0.3, 0.4) is 0 Å². The number of carbonyl (C=O) groups excluding carboxylic acids is 3. The van der Waals surface area contributed by atoms with Crippen LogP contribution in [0.15, 0.2) is 60.7 Å². The first-order chi connectivity index (χ1) is 18.1. The van der Waals surface area contributed by atoms with Crippen molar-refractivity contribution in [3.8, 4) is 11.5 Å². The molecule has 198 valence electrons. The normalized spacial score (nSPS) is 15.1.